The van der Waals surface area contributed by atoms with Crippen LogP contribution in [0.4, 0.5) is 4.39 Å². The quantitative estimate of drug-likeness (QED) is 0.366. The van der Waals surface area contributed by atoms with Gasteiger partial charge in [-0.1, -0.05) is 6.07 Å². The van der Waals surface area contributed by atoms with Crippen molar-refractivity contribution in [3.63, 3.8) is 0 Å². The molecule has 11 heteroatoms. The summed E-state index contributed by atoms with van der Waals surface area (Å²) in [6, 6.07) is 11.3. The second-order valence-corrected chi connectivity index (χ2v) is 9.19. The molecule has 0 unspecified atom stereocenters. The number of hydrogen-bond donors (Lipinski definition) is 3. The zero-order chi connectivity index (χ0) is 24.9. The van der Waals surface area contributed by atoms with Crippen molar-refractivity contribution >= 4 is 19.3 Å². The van der Waals surface area contributed by atoms with Gasteiger partial charge >= 0.3 is 7.82 Å². The number of aromatic nitrogens is 2. The minimum Gasteiger partial charge on any atom is -0.303 e. The van der Waals surface area contributed by atoms with Crippen LogP contribution in [0.15, 0.2) is 53.5 Å². The average Bonchev–Trinajstić information content (AvgIpc) is 2.78. The number of rotatable bonds is 5. The molecule has 1 fully saturated rings. The molecule has 0 atom stereocenters. The Morgan fingerprint density at radius 2 is 1.74 bits per heavy atom. The number of hydrogen-bond acceptors (Lipinski definition) is 5. The van der Waals surface area contributed by atoms with E-state index in [9.17, 15) is 14.0 Å². The molecular weight excluding hydrogens is 464 g/mol. The minimum atomic E-state index is -4.64. The van der Waals surface area contributed by atoms with Crippen molar-refractivity contribution in [1.29, 1.82) is 0 Å². The van der Waals surface area contributed by atoms with E-state index in [1.165, 1.54) is 12.1 Å². The van der Waals surface area contributed by atoms with Crippen LogP contribution in [0, 0.1) is 18.7 Å². The van der Waals surface area contributed by atoms with Crippen LogP contribution < -0.4 is 5.56 Å². The molecule has 3 heterocycles. The first kappa shape index (κ1) is 25.9. The zero-order valence-electron chi connectivity index (χ0n) is 18.7. The highest BCUT2D eigenvalue weighted by atomic mass is 31.2. The molecule has 9 nitrogen and oxygen atoms in total. The highest BCUT2D eigenvalue weighted by molar-refractivity contribution is 7.45. The normalized spacial score (nSPS) is 15.1. The van der Waals surface area contributed by atoms with E-state index in [2.05, 4.69) is 9.88 Å². The van der Waals surface area contributed by atoms with Gasteiger partial charge in [0, 0.05) is 35.5 Å². The van der Waals surface area contributed by atoms with E-state index < -0.39 is 7.82 Å². The van der Waals surface area contributed by atoms with Gasteiger partial charge in [0.2, 0.25) is 0 Å². The molecule has 1 aliphatic rings. The number of carbonyl (C=O) groups excluding carboxylic acids is 1. The predicted molar refractivity (Wildman–Crippen MR) is 124 cm³/mol. The third-order valence-corrected chi connectivity index (χ3v) is 5.80. The maximum absolute atomic E-state index is 13.1. The number of pyridine rings is 1. The Balaban J connectivity index is 0.000000588. The van der Waals surface area contributed by atoms with Gasteiger partial charge in [0.25, 0.3) is 5.56 Å². The summed E-state index contributed by atoms with van der Waals surface area (Å²) >= 11 is 0. The summed E-state index contributed by atoms with van der Waals surface area (Å²) in [7, 11) is -4.64. The van der Waals surface area contributed by atoms with E-state index in [1.54, 1.807) is 22.7 Å². The van der Waals surface area contributed by atoms with Crippen molar-refractivity contribution in [3.05, 3.63) is 81.7 Å². The lowest BCUT2D eigenvalue weighted by atomic mass is 9.89. The van der Waals surface area contributed by atoms with Gasteiger partial charge in [-0.05, 0) is 75.7 Å². The summed E-state index contributed by atoms with van der Waals surface area (Å²) in [6.07, 6.45) is 3.96. The molecule has 0 amide bonds. The Morgan fingerprint density at radius 3 is 2.35 bits per heavy atom. The fraction of sp³-hybridized carbons (Fsp3) is 0.348. The number of Topliss-reactive ketones (excluding diaryl/α,β-unsaturated/α-hetero) is 1. The summed E-state index contributed by atoms with van der Waals surface area (Å²) in [5.41, 5.74) is 2.77. The van der Waals surface area contributed by atoms with Gasteiger partial charge in [0.15, 0.2) is 5.78 Å². The van der Waals surface area contributed by atoms with E-state index >= 15 is 0 Å². The SMILES string of the molecule is Cc1nc2ccccn2c(=O)c1CCN1CCC(C(=O)c2ccc(F)cc2)CC1.O=P(O)(O)O. The predicted octanol–water partition coefficient (Wildman–Crippen LogP) is 2.35. The fourth-order valence-corrected chi connectivity index (χ4v) is 4.06. The van der Waals surface area contributed by atoms with Crippen molar-refractivity contribution in [2.75, 3.05) is 19.6 Å². The molecule has 3 N–H and O–H groups in total. The van der Waals surface area contributed by atoms with Crippen LogP contribution in [0.5, 0.6) is 0 Å². The molecule has 4 rings (SSSR count). The van der Waals surface area contributed by atoms with E-state index in [0.717, 1.165) is 43.7 Å². The highest BCUT2D eigenvalue weighted by Crippen LogP contribution is 2.26. The lowest BCUT2D eigenvalue weighted by molar-refractivity contribution is 0.0841. The summed E-state index contributed by atoms with van der Waals surface area (Å²) in [6.45, 7) is 4.30. The summed E-state index contributed by atoms with van der Waals surface area (Å²) < 4.78 is 23.5. The first-order chi connectivity index (χ1) is 16.0. The first-order valence-electron chi connectivity index (χ1n) is 10.8. The van der Waals surface area contributed by atoms with Gasteiger partial charge in [-0.3, -0.25) is 14.0 Å². The van der Waals surface area contributed by atoms with Gasteiger partial charge in [0.05, 0.1) is 0 Å². The van der Waals surface area contributed by atoms with Crippen LogP contribution in [0.25, 0.3) is 5.65 Å². The van der Waals surface area contributed by atoms with Crippen molar-refractivity contribution in [2.24, 2.45) is 5.92 Å². The molecule has 0 spiro atoms. The van der Waals surface area contributed by atoms with Crippen LogP contribution >= 0.6 is 7.82 Å². The molecule has 34 heavy (non-hydrogen) atoms. The van der Waals surface area contributed by atoms with E-state index in [-0.39, 0.29) is 23.1 Å². The number of likely N-dealkylation sites (tertiary alicyclic amines) is 1. The number of halogens is 1. The van der Waals surface area contributed by atoms with Gasteiger partial charge < -0.3 is 19.6 Å². The Kier molecular flexibility index (Phi) is 8.46. The van der Waals surface area contributed by atoms with E-state index in [0.29, 0.717) is 17.6 Å². The number of nitrogens with zero attached hydrogens (tertiary/aromatic N) is 3. The Labute approximate surface area is 195 Å². The van der Waals surface area contributed by atoms with Crippen molar-refractivity contribution in [1.82, 2.24) is 14.3 Å². The highest BCUT2D eigenvalue weighted by Gasteiger charge is 2.26. The molecule has 1 saturated heterocycles. The molecular formula is C23H27FN3O6P. The van der Waals surface area contributed by atoms with Crippen molar-refractivity contribution in [2.45, 2.75) is 26.2 Å². The van der Waals surface area contributed by atoms with E-state index in [1.807, 2.05) is 25.1 Å². The minimum absolute atomic E-state index is 0.00512. The monoisotopic (exact) mass is 491 g/mol. The molecule has 0 bridgehead atoms. The van der Waals surface area contributed by atoms with Crippen LogP contribution in [0.2, 0.25) is 0 Å². The van der Waals surface area contributed by atoms with Gasteiger partial charge in [-0.2, -0.15) is 0 Å². The second kappa shape index (κ2) is 11.1. The number of piperidine rings is 1. The molecule has 1 aromatic carbocycles. The molecule has 0 saturated carbocycles. The number of aryl methyl sites for hydroxylation is 1. The fourth-order valence-electron chi connectivity index (χ4n) is 4.06. The average molecular weight is 491 g/mol. The molecule has 3 aromatic rings. The number of fused-ring (bicyclic) bond motifs is 1. The largest absolute Gasteiger partial charge is 0.466 e. The van der Waals surface area contributed by atoms with Crippen LogP contribution in [0.1, 0.15) is 34.5 Å². The van der Waals surface area contributed by atoms with Gasteiger partial charge in [-0.25, -0.2) is 13.9 Å². The lowest BCUT2D eigenvalue weighted by Crippen LogP contribution is -2.38. The van der Waals surface area contributed by atoms with Crippen molar-refractivity contribution < 1.29 is 28.4 Å². The second-order valence-electron chi connectivity index (χ2n) is 8.16. The molecule has 1 aliphatic heterocycles. The molecule has 0 aliphatic carbocycles. The Bertz CT molecular complexity index is 1240. The van der Waals surface area contributed by atoms with Crippen LogP contribution in [-0.4, -0.2) is 54.4 Å². The third-order valence-electron chi connectivity index (χ3n) is 5.80. The maximum Gasteiger partial charge on any atom is 0.466 e. The number of ketones is 1. The van der Waals surface area contributed by atoms with Crippen molar-refractivity contribution in [3.8, 4) is 0 Å². The third kappa shape index (κ3) is 7.12. The summed E-state index contributed by atoms with van der Waals surface area (Å²) in [5, 5.41) is 0. The number of benzene rings is 1. The number of phosphoric acid groups is 1. The number of carbonyl (C=O) groups is 1. The molecule has 0 radical (unpaired) electrons. The standard InChI is InChI=1S/C23H24FN3O2.H3O4P/c1-16-20(23(29)27-12-3-2-4-21(27)25-16)11-15-26-13-9-18(10-14-26)22(28)17-5-7-19(24)8-6-17;1-5(2,3)4/h2-8,12,18H,9-11,13-15H2,1H3;(H3,1,2,3,4). The Hall–Kier alpha value is -2.75. The maximum atomic E-state index is 13.1. The summed E-state index contributed by atoms with van der Waals surface area (Å²) in [4.78, 5) is 53.8. The first-order valence-corrected chi connectivity index (χ1v) is 12.4. The molecule has 182 valence electrons. The zero-order valence-corrected chi connectivity index (χ0v) is 19.6. The molecule has 2 aromatic heterocycles. The van der Waals surface area contributed by atoms with Crippen LogP contribution in [0.3, 0.4) is 0 Å². The van der Waals surface area contributed by atoms with E-state index in [4.69, 9.17) is 19.2 Å². The smallest absolute Gasteiger partial charge is 0.303 e. The topological polar surface area (TPSA) is 132 Å². The van der Waals surface area contributed by atoms with Crippen LogP contribution in [-0.2, 0) is 11.0 Å². The lowest BCUT2D eigenvalue weighted by Gasteiger charge is -2.31. The Morgan fingerprint density at radius 1 is 1.12 bits per heavy atom. The summed E-state index contributed by atoms with van der Waals surface area (Å²) in [5.74, 6) is -0.255. The van der Waals surface area contributed by atoms with Gasteiger partial charge in [-0.15, -0.1) is 0 Å². The van der Waals surface area contributed by atoms with Gasteiger partial charge in [0.1, 0.15) is 11.5 Å².